The molecule has 0 saturated heterocycles. The Kier molecular flexibility index (Phi) is 8.74. The molecule has 6 heteroatoms. The summed E-state index contributed by atoms with van der Waals surface area (Å²) in [6.07, 6.45) is 2.05. The van der Waals surface area contributed by atoms with E-state index in [4.69, 9.17) is 29.2 Å². The predicted octanol–water partition coefficient (Wildman–Crippen LogP) is 3.28. The van der Waals surface area contributed by atoms with E-state index >= 15 is 0 Å². The molecule has 0 heterocycles. The number of aliphatic hydroxyl groups excluding tert-OH is 2. The van der Waals surface area contributed by atoms with Crippen LogP contribution in [0.3, 0.4) is 0 Å². The Bertz CT molecular complexity index is 675. The van der Waals surface area contributed by atoms with Gasteiger partial charge in [-0.05, 0) is 41.8 Å². The Labute approximate surface area is 160 Å². The molecule has 2 rings (SSSR count). The summed E-state index contributed by atoms with van der Waals surface area (Å²) in [5, 5.41) is 18.0. The van der Waals surface area contributed by atoms with E-state index in [-0.39, 0.29) is 26.4 Å². The third-order valence-electron chi connectivity index (χ3n) is 3.85. The molecule has 148 valence electrons. The molecule has 0 bridgehead atoms. The zero-order valence-corrected chi connectivity index (χ0v) is 15.9. The maximum absolute atomic E-state index is 8.99. The van der Waals surface area contributed by atoms with E-state index in [2.05, 4.69) is 6.92 Å². The molecular weight excluding hydrogens is 348 g/mol. The van der Waals surface area contributed by atoms with E-state index < -0.39 is 0 Å². The zero-order chi connectivity index (χ0) is 19.5. The fourth-order valence-electron chi connectivity index (χ4n) is 2.52. The summed E-state index contributed by atoms with van der Waals surface area (Å²) in [6, 6.07) is 11.2. The second-order valence-electron chi connectivity index (χ2n) is 5.90. The van der Waals surface area contributed by atoms with E-state index in [1.807, 2.05) is 30.3 Å². The smallest absolute Gasteiger partial charge is 0.161 e. The summed E-state index contributed by atoms with van der Waals surface area (Å²) in [5.41, 5.74) is 1.79. The first-order valence-corrected chi connectivity index (χ1v) is 9.15. The second-order valence-corrected chi connectivity index (χ2v) is 5.90. The highest BCUT2D eigenvalue weighted by Gasteiger charge is 2.10. The van der Waals surface area contributed by atoms with Crippen LogP contribution in [0.5, 0.6) is 23.0 Å². The predicted molar refractivity (Wildman–Crippen MR) is 104 cm³/mol. The quantitative estimate of drug-likeness (QED) is 0.554. The highest BCUT2D eigenvalue weighted by Crippen LogP contribution is 2.36. The molecular formula is C21H28O6. The van der Waals surface area contributed by atoms with Gasteiger partial charge in [0.2, 0.25) is 0 Å². The van der Waals surface area contributed by atoms with Crippen molar-refractivity contribution in [2.45, 2.75) is 19.8 Å². The van der Waals surface area contributed by atoms with Crippen LogP contribution in [0.2, 0.25) is 0 Å². The average molecular weight is 376 g/mol. The lowest BCUT2D eigenvalue weighted by molar-refractivity contribution is 0.195. The summed E-state index contributed by atoms with van der Waals surface area (Å²) < 4.78 is 22.3. The number of aliphatic hydroxyl groups is 2. The topological polar surface area (TPSA) is 77.4 Å². The van der Waals surface area contributed by atoms with Gasteiger partial charge in [-0.25, -0.2) is 0 Å². The minimum Gasteiger partial charge on any atom is -0.493 e. The van der Waals surface area contributed by atoms with Crippen molar-refractivity contribution >= 4 is 0 Å². The van der Waals surface area contributed by atoms with E-state index in [9.17, 15) is 0 Å². The summed E-state index contributed by atoms with van der Waals surface area (Å²) in [6.45, 7) is 3.00. The number of hydrogen-bond donors (Lipinski definition) is 2. The minimum absolute atomic E-state index is 0.0747. The first-order chi connectivity index (χ1) is 13.2. The van der Waals surface area contributed by atoms with Crippen molar-refractivity contribution in [2.75, 3.05) is 40.1 Å². The number of hydrogen-bond acceptors (Lipinski definition) is 6. The molecule has 2 aromatic rings. The molecule has 0 saturated carbocycles. The van der Waals surface area contributed by atoms with Crippen LogP contribution in [0.1, 0.15) is 19.8 Å². The molecule has 0 aliphatic rings. The number of ether oxygens (including phenoxy) is 4. The molecule has 0 amide bonds. The van der Waals surface area contributed by atoms with Gasteiger partial charge in [-0.1, -0.05) is 19.4 Å². The first kappa shape index (κ1) is 20.9. The van der Waals surface area contributed by atoms with Gasteiger partial charge >= 0.3 is 0 Å². The summed E-state index contributed by atoms with van der Waals surface area (Å²) in [4.78, 5) is 0. The van der Waals surface area contributed by atoms with E-state index in [1.165, 1.54) is 0 Å². The lowest BCUT2D eigenvalue weighted by Crippen LogP contribution is -2.04. The molecule has 0 fully saturated rings. The van der Waals surface area contributed by atoms with Crippen LogP contribution in [0.15, 0.2) is 36.4 Å². The monoisotopic (exact) mass is 376 g/mol. The fraction of sp³-hybridized carbons (Fsp3) is 0.429. The van der Waals surface area contributed by atoms with E-state index in [0.29, 0.717) is 29.6 Å². The lowest BCUT2D eigenvalue weighted by Gasteiger charge is -2.14. The fourth-order valence-corrected chi connectivity index (χ4v) is 2.52. The van der Waals surface area contributed by atoms with Crippen LogP contribution in [0.25, 0.3) is 11.1 Å². The average Bonchev–Trinajstić information content (AvgIpc) is 2.70. The van der Waals surface area contributed by atoms with Gasteiger partial charge in [-0.2, -0.15) is 0 Å². The van der Waals surface area contributed by atoms with Crippen molar-refractivity contribution in [2.24, 2.45) is 0 Å². The van der Waals surface area contributed by atoms with Gasteiger partial charge in [0.05, 0.1) is 26.9 Å². The van der Waals surface area contributed by atoms with Gasteiger partial charge in [0.25, 0.3) is 0 Å². The Morgan fingerprint density at radius 3 is 1.96 bits per heavy atom. The van der Waals surface area contributed by atoms with Crippen molar-refractivity contribution in [1.82, 2.24) is 0 Å². The molecule has 0 spiro atoms. The van der Waals surface area contributed by atoms with Crippen LogP contribution in [0.4, 0.5) is 0 Å². The van der Waals surface area contributed by atoms with Crippen molar-refractivity contribution < 1.29 is 29.2 Å². The highest BCUT2D eigenvalue weighted by atomic mass is 16.5. The molecule has 27 heavy (non-hydrogen) atoms. The summed E-state index contributed by atoms with van der Waals surface area (Å²) >= 11 is 0. The van der Waals surface area contributed by atoms with Crippen LogP contribution in [-0.2, 0) is 0 Å². The zero-order valence-electron chi connectivity index (χ0n) is 15.9. The highest BCUT2D eigenvalue weighted by molar-refractivity contribution is 5.70. The van der Waals surface area contributed by atoms with Crippen LogP contribution in [0, 0.1) is 0 Å². The van der Waals surface area contributed by atoms with Crippen LogP contribution < -0.4 is 18.9 Å². The van der Waals surface area contributed by atoms with E-state index in [0.717, 1.165) is 24.0 Å². The van der Waals surface area contributed by atoms with Crippen LogP contribution >= 0.6 is 0 Å². The molecule has 0 aromatic heterocycles. The molecule has 0 aliphatic heterocycles. The minimum atomic E-state index is -0.0747. The third kappa shape index (κ3) is 6.34. The summed E-state index contributed by atoms with van der Waals surface area (Å²) in [7, 11) is 1.61. The number of methoxy groups -OCH3 is 1. The molecule has 0 aliphatic carbocycles. The molecule has 6 nitrogen and oxygen atoms in total. The normalized spacial score (nSPS) is 10.5. The Morgan fingerprint density at radius 2 is 1.41 bits per heavy atom. The van der Waals surface area contributed by atoms with Crippen molar-refractivity contribution in [1.29, 1.82) is 0 Å². The Hall–Kier alpha value is -2.44. The van der Waals surface area contributed by atoms with Crippen molar-refractivity contribution in [3.05, 3.63) is 36.4 Å². The molecule has 0 atom stereocenters. The first-order valence-electron chi connectivity index (χ1n) is 9.15. The maximum Gasteiger partial charge on any atom is 0.161 e. The largest absolute Gasteiger partial charge is 0.493 e. The summed E-state index contributed by atoms with van der Waals surface area (Å²) in [5.74, 6) is 2.52. The lowest BCUT2D eigenvalue weighted by atomic mass is 10.0. The van der Waals surface area contributed by atoms with Gasteiger partial charge in [0, 0.05) is 6.07 Å². The Balaban J connectivity index is 2.31. The Morgan fingerprint density at radius 1 is 0.741 bits per heavy atom. The number of rotatable bonds is 12. The molecule has 0 unspecified atom stereocenters. The molecule has 2 N–H and O–H groups in total. The van der Waals surface area contributed by atoms with Crippen molar-refractivity contribution in [3.8, 4) is 34.1 Å². The second kappa shape index (κ2) is 11.3. The van der Waals surface area contributed by atoms with Gasteiger partial charge in [0.15, 0.2) is 11.5 Å². The number of unbranched alkanes of at least 4 members (excludes halogenated alkanes) is 1. The van der Waals surface area contributed by atoms with Crippen LogP contribution in [-0.4, -0.2) is 50.4 Å². The third-order valence-corrected chi connectivity index (χ3v) is 3.85. The SMILES string of the molecule is CCCCOc1ccc(-c2cc(OCCO)cc(OCCO)c2)cc1OC. The molecule has 0 radical (unpaired) electrons. The van der Waals surface area contributed by atoms with Gasteiger partial charge in [-0.3, -0.25) is 0 Å². The van der Waals surface area contributed by atoms with Gasteiger partial charge < -0.3 is 29.2 Å². The van der Waals surface area contributed by atoms with E-state index in [1.54, 1.807) is 13.2 Å². The standard InChI is InChI=1S/C21H28O6/c1-3-4-9-27-20-6-5-16(14-21(20)24-2)17-12-18(25-10-7-22)15-19(13-17)26-11-8-23/h5-6,12-15,22-23H,3-4,7-11H2,1-2H3. The molecule has 2 aromatic carbocycles. The van der Waals surface area contributed by atoms with Gasteiger partial charge in [0.1, 0.15) is 24.7 Å². The van der Waals surface area contributed by atoms with Crippen molar-refractivity contribution in [3.63, 3.8) is 0 Å². The van der Waals surface area contributed by atoms with Gasteiger partial charge in [-0.15, -0.1) is 0 Å². The maximum atomic E-state index is 8.99. The number of benzene rings is 2.